The third kappa shape index (κ3) is 3.70. The number of imide groups is 1. The average molecular weight is 329 g/mol. The highest BCUT2D eigenvalue weighted by molar-refractivity contribution is 6.30. The molecule has 0 aliphatic carbocycles. The molecule has 1 aliphatic rings. The molecule has 116 valence electrons. The molecule has 0 atom stereocenters. The van der Waals surface area contributed by atoms with Crippen LogP contribution in [0.3, 0.4) is 0 Å². The Kier molecular flexibility index (Phi) is 4.30. The van der Waals surface area contributed by atoms with E-state index >= 15 is 0 Å². The molecule has 0 unspecified atom stereocenters. The van der Waals surface area contributed by atoms with Crippen molar-refractivity contribution in [2.45, 2.75) is 6.61 Å². The molecule has 23 heavy (non-hydrogen) atoms. The van der Waals surface area contributed by atoms with Crippen LogP contribution in [0, 0.1) is 0 Å². The van der Waals surface area contributed by atoms with Crippen molar-refractivity contribution in [2.24, 2.45) is 0 Å². The Morgan fingerprint density at radius 1 is 1.04 bits per heavy atom. The molecule has 1 saturated heterocycles. The van der Waals surface area contributed by atoms with Gasteiger partial charge >= 0.3 is 6.03 Å². The maximum atomic E-state index is 11.6. The topological polar surface area (TPSA) is 67.4 Å². The van der Waals surface area contributed by atoms with Gasteiger partial charge in [-0.05, 0) is 29.8 Å². The maximum absolute atomic E-state index is 11.6. The third-order valence-electron chi connectivity index (χ3n) is 3.22. The highest BCUT2D eigenvalue weighted by Crippen LogP contribution is 2.23. The van der Waals surface area contributed by atoms with Crippen molar-refractivity contribution in [3.05, 3.63) is 70.4 Å². The SMILES string of the molecule is O=C1NC(=O)/C(=C/c2ccccc2OCc2cccc(Cl)c2)N1. The molecule has 2 aromatic rings. The quantitative estimate of drug-likeness (QED) is 0.669. The number of hydrogen-bond donors (Lipinski definition) is 2. The van der Waals surface area contributed by atoms with Crippen LogP contribution in [-0.4, -0.2) is 11.9 Å². The zero-order valence-electron chi connectivity index (χ0n) is 12.0. The van der Waals surface area contributed by atoms with Gasteiger partial charge in [-0.15, -0.1) is 0 Å². The Bertz CT molecular complexity index is 802. The van der Waals surface area contributed by atoms with E-state index in [9.17, 15) is 9.59 Å². The molecule has 1 fully saturated rings. The third-order valence-corrected chi connectivity index (χ3v) is 3.46. The summed E-state index contributed by atoms with van der Waals surface area (Å²) in [4.78, 5) is 22.8. The summed E-state index contributed by atoms with van der Waals surface area (Å²) >= 11 is 5.95. The first-order valence-corrected chi connectivity index (χ1v) is 7.30. The number of halogens is 1. The lowest BCUT2D eigenvalue weighted by atomic mass is 10.1. The van der Waals surface area contributed by atoms with Gasteiger partial charge < -0.3 is 10.1 Å². The molecule has 6 heteroatoms. The highest BCUT2D eigenvalue weighted by Gasteiger charge is 2.23. The Labute approximate surface area is 137 Å². The normalized spacial score (nSPS) is 15.4. The van der Waals surface area contributed by atoms with E-state index < -0.39 is 11.9 Å². The van der Waals surface area contributed by atoms with Crippen LogP contribution in [-0.2, 0) is 11.4 Å². The zero-order valence-corrected chi connectivity index (χ0v) is 12.8. The summed E-state index contributed by atoms with van der Waals surface area (Å²) in [5.74, 6) is 0.147. The fourth-order valence-electron chi connectivity index (χ4n) is 2.16. The van der Waals surface area contributed by atoms with Crippen molar-refractivity contribution in [3.8, 4) is 5.75 Å². The predicted molar refractivity (Wildman–Crippen MR) is 86.9 cm³/mol. The molecular formula is C17H13ClN2O3. The van der Waals surface area contributed by atoms with Crippen molar-refractivity contribution < 1.29 is 14.3 Å². The molecule has 1 aliphatic heterocycles. The summed E-state index contributed by atoms with van der Waals surface area (Å²) in [5, 5.41) is 5.25. The van der Waals surface area contributed by atoms with Crippen LogP contribution in [0.15, 0.2) is 54.2 Å². The van der Waals surface area contributed by atoms with Crippen LogP contribution in [0.5, 0.6) is 5.75 Å². The Morgan fingerprint density at radius 2 is 1.87 bits per heavy atom. The minimum atomic E-state index is -0.529. The molecule has 2 N–H and O–H groups in total. The fourth-order valence-corrected chi connectivity index (χ4v) is 2.37. The lowest BCUT2D eigenvalue weighted by molar-refractivity contribution is -0.115. The smallest absolute Gasteiger partial charge is 0.326 e. The molecule has 3 rings (SSSR count). The van der Waals surface area contributed by atoms with Gasteiger partial charge in [-0.3, -0.25) is 10.1 Å². The van der Waals surface area contributed by atoms with Crippen molar-refractivity contribution >= 4 is 29.6 Å². The van der Waals surface area contributed by atoms with Gasteiger partial charge in [0, 0.05) is 10.6 Å². The molecular weight excluding hydrogens is 316 g/mol. The fraction of sp³-hybridized carbons (Fsp3) is 0.0588. The van der Waals surface area contributed by atoms with Gasteiger partial charge in [-0.2, -0.15) is 0 Å². The molecule has 0 bridgehead atoms. The van der Waals surface area contributed by atoms with E-state index in [1.54, 1.807) is 24.3 Å². The highest BCUT2D eigenvalue weighted by atomic mass is 35.5. The largest absolute Gasteiger partial charge is 0.488 e. The van der Waals surface area contributed by atoms with Crippen molar-refractivity contribution in [1.82, 2.24) is 10.6 Å². The molecule has 3 amide bonds. The molecule has 0 radical (unpaired) electrons. The number of amides is 3. The number of ether oxygens (including phenoxy) is 1. The Hall–Kier alpha value is -2.79. The Balaban J connectivity index is 1.80. The summed E-state index contributed by atoms with van der Waals surface area (Å²) in [6.45, 7) is 0.347. The first-order valence-electron chi connectivity index (χ1n) is 6.92. The minimum Gasteiger partial charge on any atom is -0.488 e. The van der Waals surface area contributed by atoms with E-state index in [1.807, 2.05) is 30.3 Å². The zero-order chi connectivity index (χ0) is 16.2. The molecule has 5 nitrogen and oxygen atoms in total. The number of para-hydroxylation sites is 1. The predicted octanol–water partition coefficient (Wildman–Crippen LogP) is 3.10. The standard InChI is InChI=1S/C17H13ClN2O3/c18-13-6-3-4-11(8-13)10-23-15-7-2-1-5-12(15)9-14-16(21)20-17(22)19-14/h1-9H,10H2,(H2,19,20,21,22)/b14-9-. The van der Waals surface area contributed by atoms with E-state index in [-0.39, 0.29) is 5.70 Å². The average Bonchev–Trinajstić information content (AvgIpc) is 2.84. The summed E-state index contributed by atoms with van der Waals surface area (Å²) in [7, 11) is 0. The van der Waals surface area contributed by atoms with Gasteiger partial charge in [0.1, 0.15) is 18.1 Å². The van der Waals surface area contributed by atoms with E-state index in [4.69, 9.17) is 16.3 Å². The second-order valence-electron chi connectivity index (χ2n) is 4.92. The number of urea groups is 1. The molecule has 0 saturated carbocycles. The van der Waals surface area contributed by atoms with Gasteiger partial charge in [-0.25, -0.2) is 4.79 Å². The van der Waals surface area contributed by atoms with E-state index in [2.05, 4.69) is 10.6 Å². The molecule has 0 spiro atoms. The first kappa shape index (κ1) is 15.1. The number of benzene rings is 2. The van der Waals surface area contributed by atoms with Gasteiger partial charge in [0.15, 0.2) is 0 Å². The van der Waals surface area contributed by atoms with E-state index in [0.29, 0.717) is 22.9 Å². The van der Waals surface area contributed by atoms with Gasteiger partial charge in [0.25, 0.3) is 5.91 Å². The van der Waals surface area contributed by atoms with Crippen LogP contribution in [0.25, 0.3) is 6.08 Å². The lowest BCUT2D eigenvalue weighted by Crippen LogP contribution is -2.22. The molecule has 1 heterocycles. The monoisotopic (exact) mass is 328 g/mol. The van der Waals surface area contributed by atoms with Crippen LogP contribution >= 0.6 is 11.6 Å². The summed E-state index contributed by atoms with van der Waals surface area (Å²) in [6.07, 6.45) is 1.58. The first-order chi connectivity index (χ1) is 11.1. The van der Waals surface area contributed by atoms with Gasteiger partial charge in [0.2, 0.25) is 0 Å². The minimum absolute atomic E-state index is 0.189. The number of rotatable bonds is 4. The van der Waals surface area contributed by atoms with Crippen LogP contribution in [0.4, 0.5) is 4.79 Å². The maximum Gasteiger partial charge on any atom is 0.326 e. The van der Waals surface area contributed by atoms with Crippen LogP contribution in [0.2, 0.25) is 5.02 Å². The number of carbonyl (C=O) groups excluding carboxylic acids is 2. The van der Waals surface area contributed by atoms with Crippen molar-refractivity contribution in [1.29, 1.82) is 0 Å². The van der Waals surface area contributed by atoms with E-state index in [0.717, 1.165) is 5.56 Å². The second-order valence-corrected chi connectivity index (χ2v) is 5.36. The Morgan fingerprint density at radius 3 is 2.61 bits per heavy atom. The number of hydrogen-bond acceptors (Lipinski definition) is 3. The summed E-state index contributed by atoms with van der Waals surface area (Å²) < 4.78 is 5.80. The second kappa shape index (κ2) is 6.54. The summed E-state index contributed by atoms with van der Waals surface area (Å²) in [6, 6.07) is 14.1. The molecule has 2 aromatic carbocycles. The van der Waals surface area contributed by atoms with Gasteiger partial charge in [0.05, 0.1) is 0 Å². The number of carbonyl (C=O) groups is 2. The van der Waals surface area contributed by atoms with Crippen molar-refractivity contribution in [3.63, 3.8) is 0 Å². The summed E-state index contributed by atoms with van der Waals surface area (Å²) in [5.41, 5.74) is 1.82. The van der Waals surface area contributed by atoms with Crippen LogP contribution < -0.4 is 15.4 Å². The van der Waals surface area contributed by atoms with Gasteiger partial charge in [-0.1, -0.05) is 41.9 Å². The van der Waals surface area contributed by atoms with Crippen LogP contribution in [0.1, 0.15) is 11.1 Å². The number of nitrogens with one attached hydrogen (secondary N) is 2. The van der Waals surface area contributed by atoms with E-state index in [1.165, 1.54) is 0 Å². The molecule has 0 aromatic heterocycles. The van der Waals surface area contributed by atoms with Crippen molar-refractivity contribution in [2.75, 3.05) is 0 Å². The lowest BCUT2D eigenvalue weighted by Gasteiger charge is -2.10.